The molecule has 19 heavy (non-hydrogen) atoms. The SMILES string of the molecule is CNC(C)CNC(=O)c1ccc(Cl)cc1[N+](=O)[O-].Cl. The molecule has 106 valence electrons. The highest BCUT2D eigenvalue weighted by Crippen LogP contribution is 2.22. The van der Waals surface area contributed by atoms with Crippen molar-refractivity contribution in [1.29, 1.82) is 0 Å². The quantitative estimate of drug-likeness (QED) is 0.644. The zero-order valence-corrected chi connectivity index (χ0v) is 12.0. The predicted molar refractivity (Wildman–Crippen MR) is 76.2 cm³/mol. The lowest BCUT2D eigenvalue weighted by molar-refractivity contribution is -0.385. The van der Waals surface area contributed by atoms with E-state index in [4.69, 9.17) is 11.6 Å². The monoisotopic (exact) mass is 307 g/mol. The fourth-order valence-electron chi connectivity index (χ4n) is 1.29. The standard InChI is InChI=1S/C11H14ClN3O3.ClH/c1-7(13-2)6-14-11(16)9-4-3-8(12)5-10(9)15(17)18;/h3-5,7,13H,6H2,1-2H3,(H,14,16);1H. The van der Waals surface area contributed by atoms with Gasteiger partial charge in [0.1, 0.15) is 5.56 Å². The number of hydrogen-bond acceptors (Lipinski definition) is 4. The summed E-state index contributed by atoms with van der Waals surface area (Å²) in [4.78, 5) is 22.0. The summed E-state index contributed by atoms with van der Waals surface area (Å²) < 4.78 is 0. The maximum Gasteiger partial charge on any atom is 0.283 e. The molecule has 1 aromatic rings. The third kappa shape index (κ3) is 5.02. The van der Waals surface area contributed by atoms with Crippen molar-refractivity contribution in [3.63, 3.8) is 0 Å². The third-order valence-electron chi connectivity index (χ3n) is 2.46. The third-order valence-corrected chi connectivity index (χ3v) is 2.70. The minimum absolute atomic E-state index is 0. The fraction of sp³-hybridized carbons (Fsp3) is 0.364. The van der Waals surface area contributed by atoms with Crippen LogP contribution in [0.25, 0.3) is 0 Å². The van der Waals surface area contributed by atoms with Gasteiger partial charge in [0.05, 0.1) is 4.92 Å². The predicted octanol–water partition coefficient (Wildman–Crippen LogP) is 2.01. The van der Waals surface area contributed by atoms with Crippen LogP contribution < -0.4 is 10.6 Å². The van der Waals surface area contributed by atoms with Crippen molar-refractivity contribution < 1.29 is 9.72 Å². The first-order chi connectivity index (χ1) is 8.45. The van der Waals surface area contributed by atoms with Crippen molar-refractivity contribution in [2.45, 2.75) is 13.0 Å². The molecule has 1 atom stereocenters. The highest BCUT2D eigenvalue weighted by atomic mass is 35.5. The first kappa shape index (κ1) is 17.6. The average Bonchev–Trinajstić information content (AvgIpc) is 2.35. The van der Waals surface area contributed by atoms with Crippen LogP contribution in [0.3, 0.4) is 0 Å². The molecule has 0 aromatic heterocycles. The summed E-state index contributed by atoms with van der Waals surface area (Å²) in [5, 5.41) is 16.6. The number of halogens is 2. The molecule has 0 saturated carbocycles. The van der Waals surface area contributed by atoms with Gasteiger partial charge >= 0.3 is 0 Å². The number of carbonyl (C=O) groups excluding carboxylic acids is 1. The molecule has 2 N–H and O–H groups in total. The summed E-state index contributed by atoms with van der Waals surface area (Å²) in [6.07, 6.45) is 0. The van der Waals surface area contributed by atoms with Gasteiger partial charge in [-0.15, -0.1) is 12.4 Å². The number of amides is 1. The van der Waals surface area contributed by atoms with Gasteiger partial charge in [-0.25, -0.2) is 0 Å². The van der Waals surface area contributed by atoms with Crippen LogP contribution in [-0.4, -0.2) is 30.5 Å². The number of hydrogen-bond donors (Lipinski definition) is 2. The Morgan fingerprint density at radius 2 is 2.16 bits per heavy atom. The van der Waals surface area contributed by atoms with Gasteiger partial charge in [-0.1, -0.05) is 11.6 Å². The van der Waals surface area contributed by atoms with Crippen molar-refractivity contribution in [2.75, 3.05) is 13.6 Å². The Labute approximate surface area is 122 Å². The molecule has 6 nitrogen and oxygen atoms in total. The van der Waals surface area contributed by atoms with Gasteiger partial charge in [-0.05, 0) is 26.1 Å². The number of nitro benzene ring substituents is 1. The van der Waals surface area contributed by atoms with Gasteiger partial charge in [0.2, 0.25) is 0 Å². The zero-order chi connectivity index (χ0) is 13.7. The molecular weight excluding hydrogens is 293 g/mol. The maximum absolute atomic E-state index is 11.8. The van der Waals surface area contributed by atoms with Gasteiger partial charge in [-0.3, -0.25) is 14.9 Å². The lowest BCUT2D eigenvalue weighted by Gasteiger charge is -2.11. The number of carbonyl (C=O) groups is 1. The number of benzene rings is 1. The molecule has 1 rings (SSSR count). The highest BCUT2D eigenvalue weighted by Gasteiger charge is 2.20. The molecule has 0 aliphatic carbocycles. The summed E-state index contributed by atoms with van der Waals surface area (Å²) in [6.45, 7) is 2.27. The highest BCUT2D eigenvalue weighted by molar-refractivity contribution is 6.31. The Hall–Kier alpha value is -1.37. The summed E-state index contributed by atoms with van der Waals surface area (Å²) in [7, 11) is 1.77. The molecule has 0 heterocycles. The van der Waals surface area contributed by atoms with E-state index in [0.717, 1.165) is 6.07 Å². The van der Waals surface area contributed by atoms with E-state index in [0.29, 0.717) is 6.54 Å². The van der Waals surface area contributed by atoms with Crippen LogP contribution in [-0.2, 0) is 0 Å². The number of likely N-dealkylation sites (N-methyl/N-ethyl adjacent to an activating group) is 1. The summed E-state index contributed by atoms with van der Waals surface area (Å²) >= 11 is 5.67. The fourth-order valence-corrected chi connectivity index (χ4v) is 1.46. The van der Waals surface area contributed by atoms with Crippen molar-refractivity contribution >= 4 is 35.6 Å². The Morgan fingerprint density at radius 3 is 2.68 bits per heavy atom. The maximum atomic E-state index is 11.8. The molecule has 0 radical (unpaired) electrons. The molecule has 0 bridgehead atoms. The molecule has 0 aliphatic heterocycles. The Morgan fingerprint density at radius 1 is 1.53 bits per heavy atom. The second-order valence-corrected chi connectivity index (χ2v) is 4.25. The number of nitrogens with zero attached hydrogens (tertiary/aromatic N) is 1. The Bertz CT molecular complexity index is 468. The lowest BCUT2D eigenvalue weighted by Crippen LogP contribution is -2.37. The van der Waals surface area contributed by atoms with E-state index in [1.807, 2.05) is 6.92 Å². The van der Waals surface area contributed by atoms with Crippen molar-refractivity contribution in [1.82, 2.24) is 10.6 Å². The van der Waals surface area contributed by atoms with Crippen molar-refractivity contribution in [2.24, 2.45) is 0 Å². The molecular formula is C11H15Cl2N3O3. The molecule has 1 unspecified atom stereocenters. The van der Waals surface area contributed by atoms with Gasteiger partial charge in [0.15, 0.2) is 0 Å². The van der Waals surface area contributed by atoms with E-state index in [-0.39, 0.29) is 34.7 Å². The normalized spacial score (nSPS) is 11.3. The van der Waals surface area contributed by atoms with Crippen LogP contribution >= 0.6 is 24.0 Å². The molecule has 1 aromatic carbocycles. The molecule has 0 fully saturated rings. The molecule has 8 heteroatoms. The van der Waals surface area contributed by atoms with Crippen LogP contribution in [0, 0.1) is 10.1 Å². The van der Waals surface area contributed by atoms with E-state index < -0.39 is 10.8 Å². The summed E-state index contributed by atoms with van der Waals surface area (Å²) in [5.41, 5.74) is -0.287. The number of nitrogens with one attached hydrogen (secondary N) is 2. The van der Waals surface area contributed by atoms with Gasteiger partial charge in [0.25, 0.3) is 11.6 Å². The smallest absolute Gasteiger partial charge is 0.283 e. The van der Waals surface area contributed by atoms with Gasteiger partial charge in [-0.2, -0.15) is 0 Å². The first-order valence-electron chi connectivity index (χ1n) is 5.35. The van der Waals surface area contributed by atoms with Gasteiger partial charge < -0.3 is 10.6 Å². The van der Waals surface area contributed by atoms with E-state index in [9.17, 15) is 14.9 Å². The molecule has 0 spiro atoms. The van der Waals surface area contributed by atoms with Crippen LogP contribution in [0.5, 0.6) is 0 Å². The van der Waals surface area contributed by atoms with Crippen LogP contribution in [0.4, 0.5) is 5.69 Å². The molecule has 1 amide bonds. The minimum Gasteiger partial charge on any atom is -0.350 e. The average molecular weight is 308 g/mol. The summed E-state index contributed by atoms with van der Waals surface area (Å²) in [5.74, 6) is -0.486. The molecule has 0 aliphatic rings. The van der Waals surface area contributed by atoms with Gasteiger partial charge in [0, 0.05) is 23.7 Å². The van der Waals surface area contributed by atoms with E-state index in [2.05, 4.69) is 10.6 Å². The second-order valence-electron chi connectivity index (χ2n) is 3.82. The zero-order valence-electron chi connectivity index (χ0n) is 10.5. The topological polar surface area (TPSA) is 84.3 Å². The Balaban J connectivity index is 0.00000324. The number of rotatable bonds is 5. The lowest BCUT2D eigenvalue weighted by atomic mass is 10.1. The Kier molecular flexibility index (Phi) is 7.36. The van der Waals surface area contributed by atoms with Crippen molar-refractivity contribution in [3.8, 4) is 0 Å². The van der Waals surface area contributed by atoms with Crippen LogP contribution in [0.15, 0.2) is 18.2 Å². The van der Waals surface area contributed by atoms with E-state index >= 15 is 0 Å². The van der Waals surface area contributed by atoms with E-state index in [1.165, 1.54) is 12.1 Å². The first-order valence-corrected chi connectivity index (χ1v) is 5.73. The van der Waals surface area contributed by atoms with Crippen LogP contribution in [0.1, 0.15) is 17.3 Å². The second kappa shape index (κ2) is 7.93. The van der Waals surface area contributed by atoms with Crippen LogP contribution in [0.2, 0.25) is 5.02 Å². The summed E-state index contributed by atoms with van der Waals surface area (Å²) in [6, 6.07) is 4.04. The largest absolute Gasteiger partial charge is 0.350 e. The number of nitro groups is 1. The molecule has 0 saturated heterocycles. The van der Waals surface area contributed by atoms with E-state index in [1.54, 1.807) is 7.05 Å². The van der Waals surface area contributed by atoms with Crippen molar-refractivity contribution in [3.05, 3.63) is 38.9 Å². The minimum atomic E-state index is -0.623.